The smallest absolute Gasteiger partial charge is 0.246 e. The van der Waals surface area contributed by atoms with Crippen LogP contribution in [0.5, 0.6) is 0 Å². The summed E-state index contributed by atoms with van der Waals surface area (Å²) in [6.45, 7) is 9.26. The molecule has 3 aliphatic heterocycles. The molecule has 4 rings (SSSR count). The number of benzene rings is 1. The van der Waals surface area contributed by atoms with Crippen LogP contribution in [0, 0.1) is 17.8 Å². The molecule has 1 spiro atoms. The molecule has 3 amide bonds. The third kappa shape index (κ3) is 3.62. The Morgan fingerprint density at radius 2 is 1.88 bits per heavy atom. The van der Waals surface area contributed by atoms with Crippen molar-refractivity contribution < 1.29 is 24.2 Å². The molecule has 1 aromatic rings. The number of hydrogen-bond acceptors (Lipinski definition) is 5. The van der Waals surface area contributed by atoms with Gasteiger partial charge in [0.1, 0.15) is 11.6 Å². The Morgan fingerprint density at radius 3 is 2.44 bits per heavy atom. The van der Waals surface area contributed by atoms with E-state index >= 15 is 0 Å². The number of hydrogen-bond donors (Lipinski definition) is 3. The summed E-state index contributed by atoms with van der Waals surface area (Å²) < 4.78 is 6.65. The maximum absolute atomic E-state index is 14.1. The van der Waals surface area contributed by atoms with Crippen molar-refractivity contribution in [3.05, 3.63) is 35.9 Å². The summed E-state index contributed by atoms with van der Waals surface area (Å²) in [4.78, 5) is 42.5. The number of rotatable bonds is 6. The van der Waals surface area contributed by atoms with Gasteiger partial charge in [0, 0.05) is 12.6 Å². The lowest BCUT2D eigenvalue weighted by atomic mass is 9.62. The zero-order valence-corrected chi connectivity index (χ0v) is 20.9. The van der Waals surface area contributed by atoms with Gasteiger partial charge in [0.25, 0.3) is 0 Å². The van der Waals surface area contributed by atoms with Crippen molar-refractivity contribution >= 4 is 17.7 Å². The Balaban J connectivity index is 1.82. The Hall–Kier alpha value is -2.45. The van der Waals surface area contributed by atoms with Gasteiger partial charge < -0.3 is 25.4 Å². The number of ether oxygens (including phenoxy) is 1. The monoisotopic (exact) mass is 471 g/mol. The van der Waals surface area contributed by atoms with Crippen LogP contribution >= 0.6 is 0 Å². The van der Waals surface area contributed by atoms with E-state index in [1.165, 1.54) is 4.90 Å². The van der Waals surface area contributed by atoms with E-state index < -0.39 is 40.7 Å². The molecule has 3 heterocycles. The molecule has 0 aromatic heterocycles. The highest BCUT2D eigenvalue weighted by Gasteiger charge is 2.80. The Morgan fingerprint density at radius 1 is 1.24 bits per heavy atom. The van der Waals surface area contributed by atoms with E-state index in [0.717, 1.165) is 5.56 Å². The van der Waals surface area contributed by atoms with Crippen LogP contribution in [0.4, 0.5) is 0 Å². The van der Waals surface area contributed by atoms with Crippen LogP contribution in [0.25, 0.3) is 0 Å². The fourth-order valence-corrected chi connectivity index (χ4v) is 6.50. The summed E-state index contributed by atoms with van der Waals surface area (Å²) in [6.07, 6.45) is 0.887. The first kappa shape index (κ1) is 24.7. The van der Waals surface area contributed by atoms with Crippen LogP contribution < -0.4 is 10.6 Å². The third-order valence-electron chi connectivity index (χ3n) is 7.95. The molecular weight excluding hydrogens is 434 g/mol. The fourth-order valence-electron chi connectivity index (χ4n) is 6.50. The van der Waals surface area contributed by atoms with Gasteiger partial charge in [0.05, 0.1) is 30.1 Å². The molecule has 8 nitrogen and oxygen atoms in total. The minimum atomic E-state index is -1.12. The predicted molar refractivity (Wildman–Crippen MR) is 127 cm³/mol. The van der Waals surface area contributed by atoms with Crippen LogP contribution in [0.3, 0.4) is 0 Å². The van der Waals surface area contributed by atoms with E-state index in [1.54, 1.807) is 7.05 Å². The zero-order chi connectivity index (χ0) is 25.1. The number of fused-ring (bicyclic) bond motifs is 1. The maximum Gasteiger partial charge on any atom is 0.246 e. The SMILES string of the molecule is CNC(=O)[C@H]1[C@H]2C(=O)N([C@@H](CO)Cc3ccccc3)C(C(=O)NC(C)(C)C)C23CC(C)[C@]1(C)O3. The molecule has 186 valence electrons. The Bertz CT molecular complexity index is 976. The molecule has 3 fully saturated rings. The summed E-state index contributed by atoms with van der Waals surface area (Å²) in [6, 6.07) is 8.02. The normalized spacial score (nSPS) is 35.3. The predicted octanol–water partition coefficient (Wildman–Crippen LogP) is 1.26. The number of carbonyl (C=O) groups excluding carboxylic acids is 3. The van der Waals surface area contributed by atoms with Crippen molar-refractivity contribution in [3.63, 3.8) is 0 Å². The second-order valence-electron chi connectivity index (χ2n) is 11.3. The van der Waals surface area contributed by atoms with Crippen LogP contribution in [0.15, 0.2) is 30.3 Å². The van der Waals surface area contributed by atoms with Gasteiger partial charge >= 0.3 is 0 Å². The van der Waals surface area contributed by atoms with Gasteiger partial charge in [-0.1, -0.05) is 37.3 Å². The van der Waals surface area contributed by atoms with Crippen LogP contribution in [0.1, 0.15) is 46.6 Å². The summed E-state index contributed by atoms with van der Waals surface area (Å²) in [5.41, 5.74) is -1.55. The van der Waals surface area contributed by atoms with Crippen molar-refractivity contribution in [1.82, 2.24) is 15.5 Å². The second kappa shape index (κ2) is 8.34. The van der Waals surface area contributed by atoms with Crippen molar-refractivity contribution in [3.8, 4) is 0 Å². The number of nitrogens with zero attached hydrogens (tertiary/aromatic N) is 1. The number of aliphatic hydroxyl groups is 1. The molecule has 3 saturated heterocycles. The number of aliphatic hydroxyl groups excluding tert-OH is 1. The largest absolute Gasteiger partial charge is 0.394 e. The van der Waals surface area contributed by atoms with Crippen LogP contribution in [0.2, 0.25) is 0 Å². The molecular formula is C26H37N3O5. The highest BCUT2D eigenvalue weighted by molar-refractivity contribution is 5.99. The van der Waals surface area contributed by atoms with E-state index in [-0.39, 0.29) is 30.2 Å². The summed E-state index contributed by atoms with van der Waals surface area (Å²) in [7, 11) is 1.56. The number of carbonyl (C=O) groups is 3. The molecule has 8 heteroatoms. The summed E-state index contributed by atoms with van der Waals surface area (Å²) >= 11 is 0. The highest BCUT2D eigenvalue weighted by Crippen LogP contribution is 2.65. The highest BCUT2D eigenvalue weighted by atomic mass is 16.5. The average Bonchev–Trinajstić information content (AvgIpc) is 3.28. The van der Waals surface area contributed by atoms with Crippen molar-refractivity contribution in [2.45, 2.75) is 76.3 Å². The van der Waals surface area contributed by atoms with Gasteiger partial charge in [-0.25, -0.2) is 0 Å². The molecule has 34 heavy (non-hydrogen) atoms. The van der Waals surface area contributed by atoms with E-state index in [2.05, 4.69) is 10.6 Å². The molecule has 2 bridgehead atoms. The fraction of sp³-hybridized carbons (Fsp3) is 0.654. The van der Waals surface area contributed by atoms with Crippen molar-refractivity contribution in [2.24, 2.45) is 17.8 Å². The quantitative estimate of drug-likeness (QED) is 0.579. The maximum atomic E-state index is 14.1. The molecule has 3 aliphatic rings. The lowest BCUT2D eigenvalue weighted by Gasteiger charge is -2.38. The first-order valence-corrected chi connectivity index (χ1v) is 12.1. The first-order chi connectivity index (χ1) is 15.9. The third-order valence-corrected chi connectivity index (χ3v) is 7.95. The summed E-state index contributed by atoms with van der Waals surface area (Å²) in [5, 5.41) is 16.1. The van der Waals surface area contributed by atoms with Gasteiger partial charge in [-0.05, 0) is 52.0 Å². The van der Waals surface area contributed by atoms with Crippen LogP contribution in [-0.4, -0.2) is 70.2 Å². The number of amides is 3. The van der Waals surface area contributed by atoms with Gasteiger partial charge in [-0.15, -0.1) is 0 Å². The minimum Gasteiger partial charge on any atom is -0.394 e. The van der Waals surface area contributed by atoms with Gasteiger partial charge in [0.15, 0.2) is 0 Å². The van der Waals surface area contributed by atoms with E-state index in [1.807, 2.05) is 65.0 Å². The van der Waals surface area contributed by atoms with Gasteiger partial charge in [-0.2, -0.15) is 0 Å². The van der Waals surface area contributed by atoms with Gasteiger partial charge in [0.2, 0.25) is 17.7 Å². The zero-order valence-electron chi connectivity index (χ0n) is 20.9. The molecule has 3 N–H and O–H groups in total. The van der Waals surface area contributed by atoms with Gasteiger partial charge in [-0.3, -0.25) is 14.4 Å². The number of nitrogens with one attached hydrogen (secondary N) is 2. The van der Waals surface area contributed by atoms with E-state index in [0.29, 0.717) is 12.8 Å². The molecule has 1 aromatic carbocycles. The number of likely N-dealkylation sites (tertiary alicyclic amines) is 1. The standard InChI is InChI=1S/C26H37N3O5/c1-15-13-26-19(18(21(31)27-6)25(15,5)34-26)23(33)29(20(26)22(32)28-24(2,3)4)17(14-30)12-16-10-8-7-9-11-16/h7-11,15,17-20,30H,12-14H2,1-6H3,(H,27,31)(H,28,32)/t15?,17-,18-,19+,20?,25+,26?/m1/s1. The lowest BCUT2D eigenvalue weighted by Crippen LogP contribution is -2.60. The minimum absolute atomic E-state index is 0.0227. The topological polar surface area (TPSA) is 108 Å². The first-order valence-electron chi connectivity index (χ1n) is 12.1. The summed E-state index contributed by atoms with van der Waals surface area (Å²) in [5.74, 6) is -2.38. The van der Waals surface area contributed by atoms with Crippen molar-refractivity contribution in [1.29, 1.82) is 0 Å². The molecule has 7 atom stereocenters. The molecule has 0 radical (unpaired) electrons. The lowest BCUT2D eigenvalue weighted by molar-refractivity contribution is -0.151. The molecule has 3 unspecified atom stereocenters. The van der Waals surface area contributed by atoms with E-state index in [9.17, 15) is 19.5 Å². The molecule has 0 aliphatic carbocycles. The van der Waals surface area contributed by atoms with Crippen LogP contribution in [-0.2, 0) is 25.5 Å². The Labute approximate surface area is 201 Å². The Kier molecular flexibility index (Phi) is 6.05. The average molecular weight is 472 g/mol. The van der Waals surface area contributed by atoms with Crippen molar-refractivity contribution in [2.75, 3.05) is 13.7 Å². The second-order valence-corrected chi connectivity index (χ2v) is 11.3. The molecule has 0 saturated carbocycles. The van der Waals surface area contributed by atoms with E-state index in [4.69, 9.17) is 4.74 Å².